The van der Waals surface area contributed by atoms with Crippen LogP contribution in [0.2, 0.25) is 0 Å². The van der Waals surface area contributed by atoms with Gasteiger partial charge in [0.05, 0.1) is 5.69 Å². The first kappa shape index (κ1) is 12.7. The third kappa shape index (κ3) is 1.74. The number of nitrogens with zero attached hydrogens (tertiary/aromatic N) is 1. The van der Waals surface area contributed by atoms with Crippen LogP contribution in [0.3, 0.4) is 0 Å². The summed E-state index contributed by atoms with van der Waals surface area (Å²) in [7, 11) is 0. The molecule has 106 valence electrons. The third-order valence-corrected chi connectivity index (χ3v) is 3.85. The predicted octanol–water partition coefficient (Wildman–Crippen LogP) is 3.32. The van der Waals surface area contributed by atoms with Gasteiger partial charge in [0, 0.05) is 17.2 Å². The van der Waals surface area contributed by atoms with Crippen LogP contribution in [-0.2, 0) is 0 Å². The van der Waals surface area contributed by atoms with E-state index in [0.717, 1.165) is 11.1 Å². The molecule has 0 N–H and O–H groups in total. The van der Waals surface area contributed by atoms with Crippen molar-refractivity contribution in [3.63, 3.8) is 0 Å². The Morgan fingerprint density at radius 2 is 1.45 bits per heavy atom. The Balaban J connectivity index is 1.98. The van der Waals surface area contributed by atoms with E-state index in [-0.39, 0.29) is 17.3 Å². The minimum Gasteiger partial charge on any atom is -0.269 e. The third-order valence-electron chi connectivity index (χ3n) is 3.85. The summed E-state index contributed by atoms with van der Waals surface area (Å²) >= 11 is 0. The molecule has 22 heavy (non-hydrogen) atoms. The molecule has 2 heterocycles. The van der Waals surface area contributed by atoms with Crippen LogP contribution in [0.4, 0.5) is 4.39 Å². The molecule has 4 rings (SSSR count). The first-order valence-corrected chi connectivity index (χ1v) is 6.82. The molecule has 0 unspecified atom stereocenters. The molecule has 1 aliphatic heterocycles. The van der Waals surface area contributed by atoms with Crippen LogP contribution in [0.25, 0.3) is 22.4 Å². The highest BCUT2D eigenvalue weighted by Gasteiger charge is 2.27. The molecule has 0 saturated heterocycles. The fourth-order valence-corrected chi connectivity index (χ4v) is 2.80. The highest BCUT2D eigenvalue weighted by atomic mass is 19.1. The summed E-state index contributed by atoms with van der Waals surface area (Å²) in [6.45, 7) is 0. The average molecular weight is 291 g/mol. The molecule has 2 aromatic carbocycles. The van der Waals surface area contributed by atoms with Crippen molar-refractivity contribution in [1.82, 2.24) is 4.57 Å². The van der Waals surface area contributed by atoms with E-state index in [1.54, 1.807) is 30.3 Å². The number of fused-ring (bicyclic) bond motifs is 3. The predicted molar refractivity (Wildman–Crippen MR) is 81.3 cm³/mol. The molecular formula is C18H10FNO2. The van der Waals surface area contributed by atoms with Crippen molar-refractivity contribution >= 4 is 5.91 Å². The summed E-state index contributed by atoms with van der Waals surface area (Å²) in [4.78, 5) is 24.6. The van der Waals surface area contributed by atoms with E-state index in [1.165, 1.54) is 22.8 Å². The fourth-order valence-electron chi connectivity index (χ4n) is 2.80. The summed E-state index contributed by atoms with van der Waals surface area (Å²) in [5, 5.41) is 0. The maximum atomic E-state index is 13.0. The van der Waals surface area contributed by atoms with E-state index in [4.69, 9.17) is 0 Å². The topological polar surface area (TPSA) is 39.1 Å². The number of hydrogen-bond donors (Lipinski definition) is 0. The van der Waals surface area contributed by atoms with Gasteiger partial charge in [-0.3, -0.25) is 9.59 Å². The van der Waals surface area contributed by atoms with Crippen molar-refractivity contribution in [3.05, 3.63) is 82.4 Å². The number of aromatic nitrogens is 1. The van der Waals surface area contributed by atoms with Crippen LogP contribution in [0.5, 0.6) is 0 Å². The highest BCUT2D eigenvalue weighted by molar-refractivity contribution is 6.09. The Morgan fingerprint density at radius 1 is 0.773 bits per heavy atom. The minimum absolute atomic E-state index is 0.304. The van der Waals surface area contributed by atoms with Crippen molar-refractivity contribution in [3.8, 4) is 22.4 Å². The second-order valence-electron chi connectivity index (χ2n) is 5.16. The normalized spacial score (nSPS) is 12.1. The van der Waals surface area contributed by atoms with E-state index in [9.17, 15) is 14.0 Å². The molecule has 0 fully saturated rings. The van der Waals surface area contributed by atoms with Crippen molar-refractivity contribution < 1.29 is 9.18 Å². The molecule has 0 aliphatic carbocycles. The number of rotatable bonds is 1. The minimum atomic E-state index is -0.377. The molecule has 1 aliphatic rings. The number of halogens is 1. The lowest BCUT2D eigenvalue weighted by Gasteiger charge is -2.06. The highest BCUT2D eigenvalue weighted by Crippen LogP contribution is 2.32. The first-order chi connectivity index (χ1) is 10.6. The average Bonchev–Trinajstić information content (AvgIpc) is 2.82. The Morgan fingerprint density at radius 3 is 2.18 bits per heavy atom. The number of hydrogen-bond acceptors (Lipinski definition) is 2. The SMILES string of the molecule is O=C1c2ccccc2-c2cc(-c3ccc(F)cc3)cc(=O)n21. The van der Waals surface area contributed by atoms with Crippen LogP contribution in [0, 0.1) is 5.82 Å². The number of pyridine rings is 1. The Labute approximate surface area is 125 Å². The number of carbonyl (C=O) groups excluding carboxylic acids is 1. The van der Waals surface area contributed by atoms with E-state index in [1.807, 2.05) is 12.1 Å². The lowest BCUT2D eigenvalue weighted by molar-refractivity contribution is 0.0965. The zero-order valence-electron chi connectivity index (χ0n) is 11.4. The zero-order valence-corrected chi connectivity index (χ0v) is 11.4. The maximum Gasteiger partial charge on any atom is 0.266 e. The zero-order chi connectivity index (χ0) is 15.3. The van der Waals surface area contributed by atoms with Gasteiger partial charge in [0.2, 0.25) is 0 Å². The van der Waals surface area contributed by atoms with Gasteiger partial charge in [0.15, 0.2) is 0 Å². The quantitative estimate of drug-likeness (QED) is 0.539. The summed E-state index contributed by atoms with van der Waals surface area (Å²) in [5.74, 6) is -0.636. The van der Waals surface area contributed by atoms with Crippen molar-refractivity contribution in [1.29, 1.82) is 0 Å². The molecular weight excluding hydrogens is 281 g/mol. The molecule has 0 spiro atoms. The molecule has 0 radical (unpaired) electrons. The second-order valence-corrected chi connectivity index (χ2v) is 5.16. The molecule has 0 bridgehead atoms. The maximum absolute atomic E-state index is 13.0. The smallest absolute Gasteiger partial charge is 0.266 e. The molecule has 3 nitrogen and oxygen atoms in total. The van der Waals surface area contributed by atoms with Gasteiger partial charge in [0.25, 0.3) is 11.5 Å². The largest absolute Gasteiger partial charge is 0.269 e. The second kappa shape index (κ2) is 4.49. The van der Waals surface area contributed by atoms with Crippen molar-refractivity contribution in [2.24, 2.45) is 0 Å². The van der Waals surface area contributed by atoms with Crippen LogP contribution >= 0.6 is 0 Å². The molecule has 0 atom stereocenters. The van der Waals surface area contributed by atoms with E-state index in [2.05, 4.69) is 0 Å². The number of carbonyl (C=O) groups is 1. The lowest BCUT2D eigenvalue weighted by atomic mass is 10.0. The molecule has 0 saturated carbocycles. The van der Waals surface area contributed by atoms with Crippen molar-refractivity contribution in [2.45, 2.75) is 0 Å². The monoisotopic (exact) mass is 291 g/mol. The standard InChI is InChI=1S/C18H10FNO2/c19-13-7-5-11(6-8-13)12-9-16-14-3-1-2-4-15(14)18(22)20(16)17(21)10-12/h1-10H. The first-order valence-electron chi connectivity index (χ1n) is 6.82. The van der Waals surface area contributed by atoms with Gasteiger partial charge in [-0.15, -0.1) is 0 Å². The van der Waals surface area contributed by atoms with Gasteiger partial charge >= 0.3 is 0 Å². The Bertz CT molecular complexity index is 971. The Hall–Kier alpha value is -3.01. The van der Waals surface area contributed by atoms with Crippen LogP contribution in [0.1, 0.15) is 10.4 Å². The molecule has 0 amide bonds. The fraction of sp³-hybridized carbons (Fsp3) is 0. The van der Waals surface area contributed by atoms with Gasteiger partial charge in [-0.25, -0.2) is 8.96 Å². The molecule has 3 aromatic rings. The van der Waals surface area contributed by atoms with Crippen molar-refractivity contribution in [2.75, 3.05) is 0 Å². The Kier molecular flexibility index (Phi) is 2.60. The summed E-state index contributed by atoms with van der Waals surface area (Å²) in [6, 6.07) is 16.2. The molecule has 1 aromatic heterocycles. The van der Waals surface area contributed by atoms with Gasteiger partial charge in [-0.1, -0.05) is 30.3 Å². The number of benzene rings is 2. The summed E-state index contributed by atoms with van der Waals surface area (Å²) in [6.07, 6.45) is 0. The van der Waals surface area contributed by atoms with Gasteiger partial charge < -0.3 is 0 Å². The van der Waals surface area contributed by atoms with Crippen LogP contribution < -0.4 is 5.56 Å². The molecule has 4 heteroatoms. The van der Waals surface area contributed by atoms with Gasteiger partial charge in [0.1, 0.15) is 5.82 Å². The van der Waals surface area contributed by atoms with Crippen LogP contribution in [-0.4, -0.2) is 10.5 Å². The summed E-state index contributed by atoms with van der Waals surface area (Å²) in [5.41, 5.74) is 2.87. The van der Waals surface area contributed by atoms with Gasteiger partial charge in [-0.05, 0) is 35.4 Å². The summed E-state index contributed by atoms with van der Waals surface area (Å²) < 4.78 is 14.2. The lowest BCUT2D eigenvalue weighted by Crippen LogP contribution is -2.23. The van der Waals surface area contributed by atoms with E-state index >= 15 is 0 Å². The van der Waals surface area contributed by atoms with E-state index < -0.39 is 0 Å². The van der Waals surface area contributed by atoms with Gasteiger partial charge in [-0.2, -0.15) is 0 Å². The van der Waals surface area contributed by atoms with Crippen LogP contribution in [0.15, 0.2) is 65.5 Å². The van der Waals surface area contributed by atoms with E-state index in [0.29, 0.717) is 16.8 Å².